The van der Waals surface area contributed by atoms with E-state index in [0.717, 1.165) is 43.7 Å². The summed E-state index contributed by atoms with van der Waals surface area (Å²) in [6.07, 6.45) is 1.87. The number of fused-ring (bicyclic) bond motifs is 1. The lowest BCUT2D eigenvalue weighted by Gasteiger charge is -2.38. The van der Waals surface area contributed by atoms with Crippen molar-refractivity contribution in [2.24, 2.45) is 11.8 Å². The molecule has 2 aliphatic heterocycles. The number of methoxy groups -OCH3 is 1. The average molecular weight is 533 g/mol. The number of aliphatic hydroxyl groups is 1. The van der Waals surface area contributed by atoms with Crippen LogP contribution < -0.4 is 9.47 Å². The fourth-order valence-electron chi connectivity index (χ4n) is 5.25. The zero-order valence-electron chi connectivity index (χ0n) is 22.3. The molecule has 0 radical (unpaired) electrons. The lowest BCUT2D eigenvalue weighted by Crippen LogP contribution is -2.50. The Morgan fingerprint density at radius 1 is 1.16 bits per heavy atom. The molecule has 0 aromatic heterocycles. The van der Waals surface area contributed by atoms with E-state index in [4.69, 9.17) is 14.2 Å². The fourth-order valence-corrected chi connectivity index (χ4v) is 7.07. The molecule has 4 rings (SSSR count). The predicted octanol–water partition coefficient (Wildman–Crippen LogP) is 3.49. The van der Waals surface area contributed by atoms with Crippen LogP contribution in [0.4, 0.5) is 0 Å². The van der Waals surface area contributed by atoms with E-state index >= 15 is 0 Å². The van der Waals surface area contributed by atoms with E-state index in [1.165, 1.54) is 4.31 Å². The average Bonchev–Trinajstić information content (AvgIpc) is 2.90. The molecular weight excluding hydrogens is 492 g/mol. The number of benzene rings is 2. The summed E-state index contributed by atoms with van der Waals surface area (Å²) in [4.78, 5) is 2.41. The lowest BCUT2D eigenvalue weighted by molar-refractivity contribution is 0.0402. The Kier molecular flexibility index (Phi) is 9.13. The largest absolute Gasteiger partial charge is 0.496 e. The van der Waals surface area contributed by atoms with Crippen LogP contribution in [0.2, 0.25) is 0 Å². The summed E-state index contributed by atoms with van der Waals surface area (Å²) in [5.74, 6) is 1.52. The molecule has 0 bridgehead atoms. The van der Waals surface area contributed by atoms with Gasteiger partial charge in [0.2, 0.25) is 10.0 Å². The van der Waals surface area contributed by atoms with Crippen molar-refractivity contribution in [3.63, 3.8) is 0 Å². The molecule has 3 atom stereocenters. The van der Waals surface area contributed by atoms with Crippen molar-refractivity contribution in [3.8, 4) is 22.6 Å². The predicted molar refractivity (Wildman–Crippen MR) is 143 cm³/mol. The molecule has 0 aliphatic carbocycles. The molecule has 2 aromatic rings. The number of sulfonamides is 1. The number of nitrogens with zero attached hydrogens (tertiary/aromatic N) is 2. The van der Waals surface area contributed by atoms with Gasteiger partial charge in [-0.05, 0) is 56.5 Å². The Bertz CT molecular complexity index is 1150. The highest BCUT2D eigenvalue weighted by atomic mass is 32.2. The van der Waals surface area contributed by atoms with E-state index in [-0.39, 0.29) is 30.1 Å². The number of ether oxygens (including phenoxy) is 3. The van der Waals surface area contributed by atoms with Crippen molar-refractivity contribution in [2.45, 2.75) is 43.7 Å². The molecule has 37 heavy (non-hydrogen) atoms. The van der Waals surface area contributed by atoms with E-state index in [2.05, 4.69) is 11.9 Å². The summed E-state index contributed by atoms with van der Waals surface area (Å²) < 4.78 is 46.6. The Morgan fingerprint density at radius 2 is 1.89 bits per heavy atom. The quantitative estimate of drug-likeness (QED) is 0.557. The summed E-state index contributed by atoms with van der Waals surface area (Å²) in [5, 5.41) is 9.89. The number of likely N-dealkylation sites (N-methyl/N-ethyl adjacent to an activating group) is 1. The standard InChI is InChI=1S/C28H40N2O6S/c1-20-16-30(21(2)19-31)37(32,33)28-10-9-23(24-7-5-6-8-25(24)34-4)15-26(28)36-27(20)18-29(3)17-22-11-13-35-14-12-22/h5-10,15,20-22,27,31H,11-14,16-19H2,1-4H3/t20-,21-,27+/m1/s1. The van der Waals surface area contributed by atoms with E-state index < -0.39 is 16.1 Å². The van der Waals surface area contributed by atoms with Gasteiger partial charge in [-0.25, -0.2) is 8.42 Å². The second-order valence-electron chi connectivity index (χ2n) is 10.4. The minimum atomic E-state index is -3.89. The zero-order chi connectivity index (χ0) is 26.6. The molecule has 2 aromatic carbocycles. The summed E-state index contributed by atoms with van der Waals surface area (Å²) >= 11 is 0. The smallest absolute Gasteiger partial charge is 0.247 e. The van der Waals surface area contributed by atoms with Crippen LogP contribution in [0, 0.1) is 11.8 Å². The number of rotatable bonds is 8. The van der Waals surface area contributed by atoms with Crippen molar-refractivity contribution in [3.05, 3.63) is 42.5 Å². The first-order valence-corrected chi connectivity index (χ1v) is 14.5. The monoisotopic (exact) mass is 532 g/mol. The highest BCUT2D eigenvalue weighted by Crippen LogP contribution is 2.38. The van der Waals surface area contributed by atoms with Crippen LogP contribution in [-0.4, -0.2) is 88.5 Å². The topological polar surface area (TPSA) is 88.5 Å². The van der Waals surface area contributed by atoms with Gasteiger partial charge in [-0.1, -0.05) is 31.2 Å². The van der Waals surface area contributed by atoms with E-state index in [1.54, 1.807) is 32.2 Å². The van der Waals surface area contributed by atoms with Crippen molar-refractivity contribution in [2.75, 3.05) is 53.6 Å². The number of aliphatic hydroxyl groups excluding tert-OH is 1. The van der Waals surface area contributed by atoms with Crippen LogP contribution >= 0.6 is 0 Å². The van der Waals surface area contributed by atoms with E-state index in [9.17, 15) is 13.5 Å². The number of hydrogen-bond donors (Lipinski definition) is 1. The molecular formula is C28H40N2O6S. The van der Waals surface area contributed by atoms with E-state index in [0.29, 0.717) is 24.0 Å². The third-order valence-corrected chi connectivity index (χ3v) is 9.51. The maximum atomic E-state index is 13.8. The Balaban J connectivity index is 1.71. The highest BCUT2D eigenvalue weighted by molar-refractivity contribution is 7.89. The van der Waals surface area contributed by atoms with Gasteiger partial charge >= 0.3 is 0 Å². The third-order valence-electron chi connectivity index (χ3n) is 7.49. The number of para-hydroxylation sites is 1. The molecule has 1 fully saturated rings. The maximum absolute atomic E-state index is 13.8. The Hall–Kier alpha value is -2.17. The first kappa shape index (κ1) is 27.9. The molecule has 9 heteroatoms. The van der Waals surface area contributed by atoms with Crippen molar-refractivity contribution in [1.29, 1.82) is 0 Å². The van der Waals surface area contributed by atoms with Crippen LogP contribution in [0.5, 0.6) is 11.5 Å². The van der Waals surface area contributed by atoms with Crippen LogP contribution in [-0.2, 0) is 14.8 Å². The van der Waals surface area contributed by atoms with Gasteiger partial charge < -0.3 is 24.2 Å². The zero-order valence-corrected chi connectivity index (χ0v) is 23.1. The first-order chi connectivity index (χ1) is 17.7. The van der Waals surface area contributed by atoms with Crippen LogP contribution in [0.25, 0.3) is 11.1 Å². The van der Waals surface area contributed by atoms with Gasteiger partial charge in [-0.3, -0.25) is 0 Å². The molecule has 0 spiro atoms. The summed E-state index contributed by atoms with van der Waals surface area (Å²) in [7, 11) is -0.169. The Labute approximate surface area is 221 Å². The summed E-state index contributed by atoms with van der Waals surface area (Å²) in [5.41, 5.74) is 1.67. The maximum Gasteiger partial charge on any atom is 0.247 e. The molecule has 0 saturated carbocycles. The van der Waals surface area contributed by atoms with Gasteiger partial charge in [0.25, 0.3) is 0 Å². The molecule has 2 aliphatic rings. The molecule has 2 heterocycles. The first-order valence-electron chi connectivity index (χ1n) is 13.1. The summed E-state index contributed by atoms with van der Waals surface area (Å²) in [6.45, 7) is 7.00. The SMILES string of the molecule is COc1ccccc1-c1ccc2c(c1)O[C@@H](CN(C)CC1CCOCC1)[C@H](C)CN([C@H](C)CO)S2(=O)=O. The lowest BCUT2D eigenvalue weighted by atomic mass is 9.98. The van der Waals surface area contributed by atoms with Crippen molar-refractivity contribution in [1.82, 2.24) is 9.21 Å². The molecule has 0 unspecified atom stereocenters. The molecule has 8 nitrogen and oxygen atoms in total. The van der Waals surface area contributed by atoms with Crippen LogP contribution in [0.3, 0.4) is 0 Å². The minimum absolute atomic E-state index is 0.0935. The van der Waals surface area contributed by atoms with Crippen molar-refractivity contribution >= 4 is 10.0 Å². The third kappa shape index (κ3) is 6.29. The normalized spacial score (nSPS) is 23.5. The Morgan fingerprint density at radius 3 is 2.59 bits per heavy atom. The van der Waals surface area contributed by atoms with Crippen LogP contribution in [0.1, 0.15) is 26.7 Å². The molecule has 204 valence electrons. The summed E-state index contributed by atoms with van der Waals surface area (Å²) in [6, 6.07) is 12.3. The van der Waals surface area contributed by atoms with Gasteiger partial charge in [0.1, 0.15) is 22.5 Å². The number of hydrogen-bond acceptors (Lipinski definition) is 7. The van der Waals surface area contributed by atoms with Crippen LogP contribution in [0.15, 0.2) is 47.4 Å². The van der Waals surface area contributed by atoms with E-state index in [1.807, 2.05) is 31.2 Å². The highest BCUT2D eigenvalue weighted by Gasteiger charge is 2.38. The van der Waals surface area contributed by atoms with Crippen molar-refractivity contribution < 1.29 is 27.7 Å². The second kappa shape index (κ2) is 12.1. The van der Waals surface area contributed by atoms with Gasteiger partial charge in [-0.2, -0.15) is 4.31 Å². The minimum Gasteiger partial charge on any atom is -0.496 e. The fraction of sp³-hybridized carbons (Fsp3) is 0.571. The van der Waals surface area contributed by atoms with Gasteiger partial charge in [0.05, 0.1) is 13.7 Å². The molecule has 1 N–H and O–H groups in total. The second-order valence-corrected chi connectivity index (χ2v) is 12.2. The van der Waals surface area contributed by atoms with Gasteiger partial charge in [0, 0.05) is 50.4 Å². The molecule has 1 saturated heterocycles. The van der Waals surface area contributed by atoms with Gasteiger partial charge in [0.15, 0.2) is 0 Å². The molecule has 0 amide bonds. The van der Waals surface area contributed by atoms with Gasteiger partial charge in [-0.15, -0.1) is 0 Å².